The molecule has 2 aliphatic rings. The highest BCUT2D eigenvalue weighted by atomic mass is 16.5. The Kier molecular flexibility index (Phi) is 7.00. The molecule has 6 heteroatoms. The van der Waals surface area contributed by atoms with Gasteiger partial charge in [0, 0.05) is 57.7 Å². The minimum atomic E-state index is 0.0685. The summed E-state index contributed by atoms with van der Waals surface area (Å²) in [7, 11) is 2.18. The Morgan fingerprint density at radius 3 is 2.65 bits per heavy atom. The Morgan fingerprint density at radius 2 is 1.96 bits per heavy atom. The lowest BCUT2D eigenvalue weighted by Crippen LogP contribution is -2.47. The third-order valence-corrected chi connectivity index (χ3v) is 5.47. The van der Waals surface area contributed by atoms with Gasteiger partial charge in [0.05, 0.1) is 0 Å². The molecule has 0 radical (unpaired) electrons. The number of rotatable bonds is 6. The molecule has 0 aliphatic carbocycles. The lowest BCUT2D eigenvalue weighted by Gasteiger charge is -2.36. The third-order valence-electron chi connectivity index (χ3n) is 5.47. The summed E-state index contributed by atoms with van der Waals surface area (Å²) in [6, 6.07) is 5.96. The molecule has 0 spiro atoms. The lowest BCUT2D eigenvalue weighted by molar-refractivity contribution is 0.0272. The van der Waals surface area contributed by atoms with E-state index < -0.39 is 0 Å². The van der Waals surface area contributed by atoms with Crippen LogP contribution in [0.4, 0.5) is 0 Å². The number of hydrogen-bond acceptors (Lipinski definition) is 5. The van der Waals surface area contributed by atoms with Gasteiger partial charge in [-0.3, -0.25) is 4.79 Å². The highest BCUT2D eigenvalue weighted by molar-refractivity contribution is 5.92. The summed E-state index contributed by atoms with van der Waals surface area (Å²) in [4.78, 5) is 24.5. The molecule has 26 heavy (non-hydrogen) atoms. The molecule has 0 atom stereocenters. The molecule has 0 saturated carbocycles. The van der Waals surface area contributed by atoms with Crippen LogP contribution in [0.5, 0.6) is 0 Å². The van der Waals surface area contributed by atoms with E-state index in [4.69, 9.17) is 4.74 Å². The Hall–Kier alpha value is -1.50. The summed E-state index contributed by atoms with van der Waals surface area (Å²) in [6.07, 6.45) is 2.86. The Balaban J connectivity index is 1.60. The number of carbonyl (C=O) groups is 1. The van der Waals surface area contributed by atoms with Crippen molar-refractivity contribution in [3.63, 3.8) is 0 Å². The molecule has 0 N–H and O–H groups in total. The van der Waals surface area contributed by atoms with Crippen molar-refractivity contribution < 1.29 is 9.53 Å². The molecule has 1 aromatic rings. The number of carbonyl (C=O) groups excluding carboxylic acids is 1. The molecule has 2 saturated heterocycles. The average Bonchev–Trinajstić information content (AvgIpc) is 2.67. The van der Waals surface area contributed by atoms with Crippen LogP contribution in [-0.4, -0.2) is 91.2 Å². The Labute approximate surface area is 157 Å². The van der Waals surface area contributed by atoms with Crippen LogP contribution < -0.4 is 0 Å². The fourth-order valence-electron chi connectivity index (χ4n) is 3.79. The SMILES string of the molecule is Cc1cccc(C(=O)N(CCCN2CCN(C)CC2)C2CCOCC2)n1. The van der Waals surface area contributed by atoms with Crippen molar-refractivity contribution >= 4 is 5.91 Å². The first kappa shape index (κ1) is 19.3. The zero-order valence-electron chi connectivity index (χ0n) is 16.2. The molecule has 2 aliphatic heterocycles. The summed E-state index contributed by atoms with van der Waals surface area (Å²) in [5.74, 6) is 0.0685. The van der Waals surface area contributed by atoms with E-state index in [2.05, 4.69) is 26.7 Å². The van der Waals surface area contributed by atoms with Gasteiger partial charge < -0.3 is 19.4 Å². The van der Waals surface area contributed by atoms with Crippen molar-refractivity contribution in [2.24, 2.45) is 0 Å². The van der Waals surface area contributed by atoms with E-state index in [0.29, 0.717) is 5.69 Å². The quantitative estimate of drug-likeness (QED) is 0.772. The van der Waals surface area contributed by atoms with Crippen molar-refractivity contribution in [1.29, 1.82) is 0 Å². The number of pyridine rings is 1. The maximum absolute atomic E-state index is 13.1. The maximum Gasteiger partial charge on any atom is 0.272 e. The Morgan fingerprint density at radius 1 is 1.23 bits per heavy atom. The molecule has 144 valence electrons. The van der Waals surface area contributed by atoms with E-state index in [1.807, 2.05) is 25.1 Å². The first-order valence-corrected chi connectivity index (χ1v) is 9.87. The second-order valence-corrected chi connectivity index (χ2v) is 7.50. The zero-order valence-corrected chi connectivity index (χ0v) is 16.2. The van der Waals surface area contributed by atoms with Crippen LogP contribution in [0.2, 0.25) is 0 Å². The molecule has 0 bridgehead atoms. The molecule has 0 unspecified atom stereocenters. The first-order chi connectivity index (χ1) is 12.6. The van der Waals surface area contributed by atoms with Crippen molar-refractivity contribution in [2.75, 3.05) is 59.5 Å². The summed E-state index contributed by atoms with van der Waals surface area (Å²) in [5.41, 5.74) is 1.45. The van der Waals surface area contributed by atoms with E-state index >= 15 is 0 Å². The maximum atomic E-state index is 13.1. The minimum Gasteiger partial charge on any atom is -0.381 e. The highest BCUT2D eigenvalue weighted by Gasteiger charge is 2.27. The van der Waals surface area contributed by atoms with Crippen LogP contribution in [-0.2, 0) is 4.74 Å². The number of amides is 1. The minimum absolute atomic E-state index is 0.0685. The predicted octanol–water partition coefficient (Wildman–Crippen LogP) is 1.65. The molecule has 0 aromatic carbocycles. The van der Waals surface area contributed by atoms with Crippen LogP contribution >= 0.6 is 0 Å². The summed E-state index contributed by atoms with van der Waals surface area (Å²) in [6.45, 7) is 9.80. The van der Waals surface area contributed by atoms with Crippen LogP contribution in [0, 0.1) is 6.92 Å². The van der Waals surface area contributed by atoms with Gasteiger partial charge in [0.25, 0.3) is 5.91 Å². The molecule has 1 amide bonds. The van der Waals surface area contributed by atoms with Gasteiger partial charge in [0.1, 0.15) is 5.69 Å². The number of aromatic nitrogens is 1. The number of aryl methyl sites for hydroxylation is 1. The van der Waals surface area contributed by atoms with E-state index in [9.17, 15) is 4.79 Å². The van der Waals surface area contributed by atoms with Gasteiger partial charge in [-0.1, -0.05) is 6.07 Å². The van der Waals surface area contributed by atoms with Gasteiger partial charge in [0.2, 0.25) is 0 Å². The predicted molar refractivity (Wildman–Crippen MR) is 102 cm³/mol. The fourth-order valence-corrected chi connectivity index (χ4v) is 3.79. The highest BCUT2D eigenvalue weighted by Crippen LogP contribution is 2.18. The van der Waals surface area contributed by atoms with Gasteiger partial charge in [-0.25, -0.2) is 4.98 Å². The van der Waals surface area contributed by atoms with Crippen LogP contribution in [0.3, 0.4) is 0 Å². The number of ether oxygens (including phenoxy) is 1. The second-order valence-electron chi connectivity index (χ2n) is 7.50. The smallest absolute Gasteiger partial charge is 0.272 e. The van der Waals surface area contributed by atoms with Crippen molar-refractivity contribution in [3.05, 3.63) is 29.6 Å². The standard InChI is InChI=1S/C20H32N4O2/c1-17-5-3-6-19(21-17)20(25)24(18-7-15-26-16-8-18)10-4-9-23-13-11-22(2)12-14-23/h3,5-6,18H,4,7-16H2,1-2H3. The van der Waals surface area contributed by atoms with Gasteiger partial charge in [-0.15, -0.1) is 0 Å². The molecule has 2 fully saturated rings. The number of nitrogens with zero attached hydrogens (tertiary/aromatic N) is 4. The molecule has 1 aromatic heterocycles. The second kappa shape index (κ2) is 9.44. The van der Waals surface area contributed by atoms with Crippen molar-refractivity contribution in [1.82, 2.24) is 19.7 Å². The number of piperazine rings is 1. The summed E-state index contributed by atoms with van der Waals surface area (Å²) in [5, 5.41) is 0. The number of hydrogen-bond donors (Lipinski definition) is 0. The average molecular weight is 361 g/mol. The van der Waals surface area contributed by atoms with Crippen molar-refractivity contribution in [2.45, 2.75) is 32.2 Å². The normalized spacial score (nSPS) is 20.2. The van der Waals surface area contributed by atoms with Crippen LogP contribution in [0.25, 0.3) is 0 Å². The largest absolute Gasteiger partial charge is 0.381 e. The molecule has 3 rings (SSSR count). The van der Waals surface area contributed by atoms with Gasteiger partial charge in [-0.05, 0) is 51.9 Å². The first-order valence-electron chi connectivity index (χ1n) is 9.87. The third kappa shape index (κ3) is 5.25. The lowest BCUT2D eigenvalue weighted by atomic mass is 10.1. The van der Waals surface area contributed by atoms with Crippen molar-refractivity contribution in [3.8, 4) is 0 Å². The van der Waals surface area contributed by atoms with E-state index in [1.54, 1.807) is 0 Å². The topological polar surface area (TPSA) is 48.9 Å². The number of likely N-dealkylation sites (N-methyl/N-ethyl adjacent to an activating group) is 1. The molecular weight excluding hydrogens is 328 g/mol. The van der Waals surface area contributed by atoms with Gasteiger partial charge in [0.15, 0.2) is 0 Å². The monoisotopic (exact) mass is 360 g/mol. The van der Waals surface area contributed by atoms with E-state index in [-0.39, 0.29) is 11.9 Å². The van der Waals surface area contributed by atoms with Gasteiger partial charge >= 0.3 is 0 Å². The van der Waals surface area contributed by atoms with E-state index in [0.717, 1.165) is 77.4 Å². The Bertz CT molecular complexity index is 581. The van der Waals surface area contributed by atoms with Gasteiger partial charge in [-0.2, -0.15) is 0 Å². The zero-order chi connectivity index (χ0) is 18.4. The molecular formula is C20H32N4O2. The summed E-state index contributed by atoms with van der Waals surface area (Å²) >= 11 is 0. The molecule has 6 nitrogen and oxygen atoms in total. The molecule has 3 heterocycles. The fraction of sp³-hybridized carbons (Fsp3) is 0.700. The van der Waals surface area contributed by atoms with Crippen LogP contribution in [0.15, 0.2) is 18.2 Å². The van der Waals surface area contributed by atoms with Crippen LogP contribution in [0.1, 0.15) is 35.4 Å². The summed E-state index contributed by atoms with van der Waals surface area (Å²) < 4.78 is 5.50. The van der Waals surface area contributed by atoms with E-state index in [1.165, 1.54) is 0 Å².